The van der Waals surface area contributed by atoms with Crippen LogP contribution in [-0.2, 0) is 24.6 Å². The number of para-hydroxylation sites is 1. The molecule has 4 aliphatic rings. The van der Waals surface area contributed by atoms with Gasteiger partial charge in [0.15, 0.2) is 0 Å². The molecule has 0 bridgehead atoms. The molecule has 4 aromatic carbocycles. The number of rotatable bonds is 5. The molecule has 6 atom stereocenters. The summed E-state index contributed by atoms with van der Waals surface area (Å²) in [6.07, 6.45) is 2.45. The first-order valence-electron chi connectivity index (χ1n) is 16.5. The molecule has 9 heteroatoms. The number of phenolic OH excluding ortho intramolecular Hbond substituents is 1. The predicted molar refractivity (Wildman–Crippen MR) is 186 cm³/mol. The Bertz CT molecular complexity index is 2060. The topological polar surface area (TPSA) is 107 Å². The Morgan fingerprint density at radius 1 is 0.796 bits per heavy atom. The molecule has 49 heavy (non-hydrogen) atoms. The average Bonchev–Trinajstić information content (AvgIpc) is 3.49. The van der Waals surface area contributed by atoms with Crippen molar-refractivity contribution in [3.8, 4) is 5.75 Å². The molecule has 2 N–H and O–H groups in total. The van der Waals surface area contributed by atoms with E-state index >= 15 is 4.79 Å². The van der Waals surface area contributed by atoms with Gasteiger partial charge in [-0.2, -0.15) is 5.01 Å². The largest absolute Gasteiger partial charge is 0.507 e. The van der Waals surface area contributed by atoms with E-state index in [0.717, 1.165) is 16.1 Å². The Labute approximate surface area is 289 Å². The summed E-state index contributed by atoms with van der Waals surface area (Å²) in [5.74, 6) is -5.04. The molecule has 2 heterocycles. The molecule has 0 spiro atoms. The second kappa shape index (κ2) is 11.4. The number of carbonyl (C=O) groups excluding carboxylic acids is 4. The van der Waals surface area contributed by atoms with Crippen LogP contribution in [0.15, 0.2) is 109 Å². The number of anilines is 2. The van der Waals surface area contributed by atoms with Crippen molar-refractivity contribution in [3.05, 3.63) is 136 Å². The van der Waals surface area contributed by atoms with Crippen molar-refractivity contribution >= 4 is 46.6 Å². The van der Waals surface area contributed by atoms with E-state index in [4.69, 9.17) is 11.6 Å². The Kier molecular flexibility index (Phi) is 7.26. The molecule has 246 valence electrons. The summed E-state index contributed by atoms with van der Waals surface area (Å²) in [6.45, 7) is 3.76. The van der Waals surface area contributed by atoms with Gasteiger partial charge in [-0.3, -0.25) is 29.5 Å². The van der Waals surface area contributed by atoms with Gasteiger partial charge in [0.1, 0.15) is 5.75 Å². The third-order valence-corrected chi connectivity index (χ3v) is 11.3. The van der Waals surface area contributed by atoms with Gasteiger partial charge in [0.05, 0.1) is 34.5 Å². The number of aromatic hydroxyl groups is 1. The number of hydrogen-bond donors (Lipinski definition) is 2. The number of hydrazine groups is 1. The monoisotopic (exact) mass is 671 g/mol. The second-order valence-electron chi connectivity index (χ2n) is 13.6. The highest BCUT2D eigenvalue weighted by molar-refractivity contribution is 6.31. The van der Waals surface area contributed by atoms with Crippen LogP contribution in [0.3, 0.4) is 0 Å². The van der Waals surface area contributed by atoms with Crippen molar-refractivity contribution < 1.29 is 24.3 Å². The lowest BCUT2D eigenvalue weighted by Gasteiger charge is -2.50. The second-order valence-corrected chi connectivity index (χ2v) is 14.0. The molecular weight excluding hydrogens is 638 g/mol. The fourth-order valence-electron chi connectivity index (χ4n) is 8.85. The minimum absolute atomic E-state index is 0.0343. The summed E-state index contributed by atoms with van der Waals surface area (Å²) in [4.78, 5) is 59.5. The van der Waals surface area contributed by atoms with E-state index in [9.17, 15) is 19.5 Å². The number of hydrogen-bond acceptors (Lipinski definition) is 6. The van der Waals surface area contributed by atoms with Crippen LogP contribution in [0.2, 0.25) is 5.02 Å². The van der Waals surface area contributed by atoms with Gasteiger partial charge >= 0.3 is 0 Å². The highest BCUT2D eigenvalue weighted by atomic mass is 35.5. The average molecular weight is 672 g/mol. The molecule has 2 aliphatic heterocycles. The molecule has 2 saturated heterocycles. The summed E-state index contributed by atoms with van der Waals surface area (Å²) >= 11 is 6.13. The summed E-state index contributed by atoms with van der Waals surface area (Å²) in [7, 11) is 0. The number of phenols is 1. The van der Waals surface area contributed by atoms with E-state index in [1.807, 2.05) is 73.7 Å². The number of halogens is 1. The SMILES string of the molecule is Cc1ccc(NN2C(=O)[C@@H]3C[C@@H]4C(=CC[C@@H]5C(=O)N(c6ccc(Cl)cc6)C(=O)[C@@H]54)[C@H](c4cccc(C)c4O)[C@]3(c3ccccc3)C2=O)cc1. The lowest BCUT2D eigenvalue weighted by atomic mass is 9.49. The molecule has 0 aromatic heterocycles. The maximum atomic E-state index is 15.2. The highest BCUT2D eigenvalue weighted by Crippen LogP contribution is 2.65. The Morgan fingerprint density at radius 3 is 2.22 bits per heavy atom. The third-order valence-electron chi connectivity index (χ3n) is 11.1. The van der Waals surface area contributed by atoms with Crippen molar-refractivity contribution in [3.63, 3.8) is 0 Å². The normalized spacial score (nSPS) is 27.5. The van der Waals surface area contributed by atoms with E-state index < -0.39 is 46.8 Å². The zero-order valence-corrected chi connectivity index (χ0v) is 27.7. The van der Waals surface area contributed by atoms with E-state index in [1.54, 1.807) is 43.3 Å². The number of aryl methyl sites for hydroxylation is 2. The standard InChI is InChI=1S/C40H34ClN3O5/c1-22-11-15-26(16-12-22)42-44-37(47)32-21-31-28(19-20-29-33(31)38(48)43(36(29)46)27-17-13-25(41)14-18-27)34(30-10-6-7-23(2)35(30)45)40(32,39(44)49)24-8-4-3-5-9-24/h3-19,29,31-34,42,45H,20-21H2,1-2H3/t29-,31+,32-,33-,34+,40+/m0/s1. The fraction of sp³-hybridized carbons (Fsp3) is 0.250. The van der Waals surface area contributed by atoms with Crippen LogP contribution in [0.4, 0.5) is 11.4 Å². The van der Waals surface area contributed by atoms with Crippen molar-refractivity contribution in [2.45, 2.75) is 38.0 Å². The zero-order chi connectivity index (χ0) is 34.2. The number of amides is 4. The van der Waals surface area contributed by atoms with Crippen LogP contribution >= 0.6 is 11.6 Å². The molecule has 0 unspecified atom stereocenters. The van der Waals surface area contributed by atoms with Gasteiger partial charge in [-0.15, -0.1) is 0 Å². The molecule has 3 fully saturated rings. The molecule has 4 amide bonds. The maximum absolute atomic E-state index is 15.2. The Hall–Kier alpha value is -5.21. The lowest BCUT2D eigenvalue weighted by molar-refractivity contribution is -0.138. The van der Waals surface area contributed by atoms with Gasteiger partial charge in [0, 0.05) is 16.5 Å². The Morgan fingerprint density at radius 2 is 1.51 bits per heavy atom. The van der Waals surface area contributed by atoms with Crippen molar-refractivity contribution in [1.82, 2.24) is 5.01 Å². The smallest absolute Gasteiger partial charge is 0.260 e. The van der Waals surface area contributed by atoms with Crippen molar-refractivity contribution in [1.29, 1.82) is 0 Å². The molecule has 8 nitrogen and oxygen atoms in total. The third kappa shape index (κ3) is 4.50. The van der Waals surface area contributed by atoms with Gasteiger partial charge in [-0.05, 0) is 80.1 Å². The highest BCUT2D eigenvalue weighted by Gasteiger charge is 2.70. The minimum atomic E-state index is -1.45. The van der Waals surface area contributed by atoms with Crippen LogP contribution in [0.5, 0.6) is 5.75 Å². The number of nitrogens with one attached hydrogen (secondary N) is 1. The minimum Gasteiger partial charge on any atom is -0.507 e. The van der Waals surface area contributed by atoms with Crippen LogP contribution < -0.4 is 10.3 Å². The molecule has 8 rings (SSSR count). The number of benzene rings is 4. The maximum Gasteiger partial charge on any atom is 0.260 e. The van der Waals surface area contributed by atoms with Crippen LogP contribution in [0.1, 0.15) is 41.0 Å². The van der Waals surface area contributed by atoms with Gasteiger partial charge in [-0.25, -0.2) is 0 Å². The van der Waals surface area contributed by atoms with E-state index in [-0.39, 0.29) is 30.4 Å². The van der Waals surface area contributed by atoms with Crippen LogP contribution in [0.25, 0.3) is 0 Å². The number of fused-ring (bicyclic) bond motifs is 4. The summed E-state index contributed by atoms with van der Waals surface area (Å²) in [5, 5.41) is 13.3. The van der Waals surface area contributed by atoms with E-state index in [0.29, 0.717) is 33.1 Å². The molecule has 4 aromatic rings. The van der Waals surface area contributed by atoms with Crippen LogP contribution in [0, 0.1) is 37.5 Å². The lowest BCUT2D eigenvalue weighted by Crippen LogP contribution is -2.53. The zero-order valence-electron chi connectivity index (χ0n) is 27.0. The van der Waals surface area contributed by atoms with E-state index in [1.165, 1.54) is 4.90 Å². The van der Waals surface area contributed by atoms with Gasteiger partial charge in [-0.1, -0.05) is 89.5 Å². The number of nitrogens with zero attached hydrogens (tertiary/aromatic N) is 2. The number of carbonyl (C=O) groups is 4. The summed E-state index contributed by atoms with van der Waals surface area (Å²) in [5.41, 5.74) is 6.29. The first-order chi connectivity index (χ1) is 23.6. The quantitative estimate of drug-likeness (QED) is 0.178. The van der Waals surface area contributed by atoms with Crippen LogP contribution in [-0.4, -0.2) is 33.7 Å². The summed E-state index contributed by atoms with van der Waals surface area (Å²) < 4.78 is 0. The molecule has 0 radical (unpaired) electrons. The predicted octanol–water partition coefficient (Wildman–Crippen LogP) is 6.85. The van der Waals surface area contributed by atoms with Gasteiger partial charge in [0.25, 0.3) is 11.8 Å². The van der Waals surface area contributed by atoms with Gasteiger partial charge in [0.2, 0.25) is 11.8 Å². The number of imide groups is 2. The van der Waals surface area contributed by atoms with Crippen molar-refractivity contribution in [2.75, 3.05) is 10.3 Å². The number of allylic oxidation sites excluding steroid dienone is 2. The summed E-state index contributed by atoms with van der Waals surface area (Å²) in [6, 6.07) is 28.8. The molecule has 1 saturated carbocycles. The molecule has 2 aliphatic carbocycles. The Balaban J connectivity index is 1.33. The molecular formula is C40H34ClN3O5. The van der Waals surface area contributed by atoms with Gasteiger partial charge < -0.3 is 5.11 Å². The fourth-order valence-corrected chi connectivity index (χ4v) is 8.98. The van der Waals surface area contributed by atoms with E-state index in [2.05, 4.69) is 5.43 Å². The first kappa shape index (κ1) is 31.1. The first-order valence-corrected chi connectivity index (χ1v) is 16.9. The van der Waals surface area contributed by atoms with Crippen molar-refractivity contribution in [2.24, 2.45) is 23.7 Å².